The number of hydrogen-bond donors (Lipinski definition) is 2. The van der Waals surface area contributed by atoms with Crippen LogP contribution in [0.3, 0.4) is 0 Å². The monoisotopic (exact) mass is 253 g/mol. The van der Waals surface area contributed by atoms with E-state index in [4.69, 9.17) is 0 Å². The largest absolute Gasteiger partial charge is 0.394 e. The molecular weight excluding hydrogens is 234 g/mol. The first-order chi connectivity index (χ1) is 8.15. The van der Waals surface area contributed by atoms with Crippen molar-refractivity contribution < 1.29 is 9.90 Å². The van der Waals surface area contributed by atoms with E-state index in [1.54, 1.807) is 0 Å². The Morgan fingerprint density at radius 2 is 2.53 bits per heavy atom. The summed E-state index contributed by atoms with van der Waals surface area (Å²) in [5.74, 6) is 0.507. The zero-order valence-electron chi connectivity index (χ0n) is 10.1. The van der Waals surface area contributed by atoms with Crippen LogP contribution in [0.1, 0.15) is 43.0 Å². The predicted molar refractivity (Wildman–Crippen MR) is 69.2 cm³/mol. The second kappa shape index (κ2) is 5.19. The van der Waals surface area contributed by atoms with Gasteiger partial charge in [-0.05, 0) is 30.2 Å². The molecule has 0 aliphatic heterocycles. The first-order valence-corrected chi connectivity index (χ1v) is 7.05. The molecule has 17 heavy (non-hydrogen) atoms. The van der Waals surface area contributed by atoms with Gasteiger partial charge >= 0.3 is 0 Å². The molecular formula is C13H19NO2S. The summed E-state index contributed by atoms with van der Waals surface area (Å²) in [5, 5.41) is 16.4. The number of aliphatic hydroxyl groups excluding tert-OH is 1. The van der Waals surface area contributed by atoms with Gasteiger partial charge in [0.2, 0.25) is 0 Å². The molecule has 0 aromatic carbocycles. The Morgan fingerprint density at radius 1 is 1.71 bits per heavy atom. The van der Waals surface area contributed by atoms with E-state index < -0.39 is 5.54 Å². The van der Waals surface area contributed by atoms with Crippen molar-refractivity contribution in [1.29, 1.82) is 0 Å². The fourth-order valence-electron chi connectivity index (χ4n) is 2.66. The number of carbonyl (C=O) groups is 1. The summed E-state index contributed by atoms with van der Waals surface area (Å²) in [6.45, 7) is 2.22. The highest BCUT2D eigenvalue weighted by Crippen LogP contribution is 2.32. The maximum Gasteiger partial charge on any atom is 0.252 e. The quantitative estimate of drug-likeness (QED) is 0.869. The van der Waals surface area contributed by atoms with E-state index in [2.05, 4.69) is 12.2 Å². The topological polar surface area (TPSA) is 49.3 Å². The highest BCUT2D eigenvalue weighted by molar-refractivity contribution is 7.08. The third-order valence-electron chi connectivity index (χ3n) is 3.56. The molecule has 2 unspecified atom stereocenters. The molecule has 3 nitrogen and oxygen atoms in total. The predicted octanol–water partition coefficient (Wildman–Crippen LogP) is 2.42. The average Bonchev–Trinajstić information content (AvgIpc) is 2.82. The molecule has 2 rings (SSSR count). The highest BCUT2D eigenvalue weighted by atomic mass is 32.1. The second-order valence-electron chi connectivity index (χ2n) is 5.11. The average molecular weight is 253 g/mol. The van der Waals surface area contributed by atoms with Crippen LogP contribution in [0.25, 0.3) is 0 Å². The molecule has 1 heterocycles. The first kappa shape index (κ1) is 12.6. The van der Waals surface area contributed by atoms with Crippen LogP contribution < -0.4 is 5.32 Å². The van der Waals surface area contributed by atoms with Crippen LogP contribution >= 0.6 is 11.3 Å². The lowest BCUT2D eigenvalue weighted by molar-refractivity contribution is 0.0697. The second-order valence-corrected chi connectivity index (χ2v) is 5.89. The maximum atomic E-state index is 12.0. The molecule has 1 aromatic rings. The molecule has 94 valence electrons. The third-order valence-corrected chi connectivity index (χ3v) is 4.24. The normalized spacial score (nSPS) is 28.9. The molecule has 2 N–H and O–H groups in total. The van der Waals surface area contributed by atoms with Crippen LogP contribution in [-0.2, 0) is 0 Å². The summed E-state index contributed by atoms with van der Waals surface area (Å²) in [7, 11) is 0. The van der Waals surface area contributed by atoms with Crippen LogP contribution in [0.5, 0.6) is 0 Å². The minimum atomic E-state index is -0.406. The molecule has 0 spiro atoms. The van der Waals surface area contributed by atoms with Gasteiger partial charge in [-0.15, -0.1) is 0 Å². The Balaban J connectivity index is 2.06. The van der Waals surface area contributed by atoms with Crippen molar-refractivity contribution in [2.45, 2.75) is 38.1 Å². The number of thiophene rings is 1. The zero-order valence-corrected chi connectivity index (χ0v) is 10.9. The Morgan fingerprint density at radius 3 is 3.12 bits per heavy atom. The lowest BCUT2D eigenvalue weighted by atomic mass is 9.76. The Bertz CT molecular complexity index is 377. The Kier molecular flexibility index (Phi) is 3.84. The lowest BCUT2D eigenvalue weighted by Crippen LogP contribution is -2.53. The van der Waals surface area contributed by atoms with Gasteiger partial charge in [0, 0.05) is 5.38 Å². The van der Waals surface area contributed by atoms with Crippen LogP contribution in [0.15, 0.2) is 16.8 Å². The molecule has 1 saturated carbocycles. The van der Waals surface area contributed by atoms with Gasteiger partial charge in [-0.25, -0.2) is 0 Å². The first-order valence-electron chi connectivity index (χ1n) is 6.11. The van der Waals surface area contributed by atoms with E-state index in [1.165, 1.54) is 17.8 Å². The standard InChI is InChI=1S/C13H19NO2S/c1-10-3-2-5-13(7-10,9-15)14-12(16)11-4-6-17-8-11/h4,6,8,10,15H,2-3,5,7,9H2,1H3,(H,14,16). The van der Waals surface area contributed by atoms with Crippen LogP contribution in [-0.4, -0.2) is 23.2 Å². The molecule has 0 radical (unpaired) electrons. The van der Waals surface area contributed by atoms with Crippen molar-refractivity contribution in [3.05, 3.63) is 22.4 Å². The summed E-state index contributed by atoms with van der Waals surface area (Å²) in [6, 6.07) is 1.82. The van der Waals surface area contributed by atoms with Crippen molar-refractivity contribution in [3.63, 3.8) is 0 Å². The van der Waals surface area contributed by atoms with E-state index in [1.807, 2.05) is 16.8 Å². The van der Waals surface area contributed by atoms with Gasteiger partial charge in [-0.1, -0.05) is 19.8 Å². The zero-order chi connectivity index (χ0) is 12.3. The number of nitrogens with one attached hydrogen (secondary N) is 1. The van der Waals surface area contributed by atoms with E-state index in [-0.39, 0.29) is 12.5 Å². The van der Waals surface area contributed by atoms with E-state index in [0.29, 0.717) is 11.5 Å². The van der Waals surface area contributed by atoms with E-state index >= 15 is 0 Å². The maximum absolute atomic E-state index is 12.0. The Hall–Kier alpha value is -0.870. The van der Waals surface area contributed by atoms with Gasteiger partial charge in [0.25, 0.3) is 5.91 Å². The summed E-state index contributed by atoms with van der Waals surface area (Å²) >= 11 is 1.51. The molecule has 2 atom stereocenters. The van der Waals surface area contributed by atoms with Crippen molar-refractivity contribution in [2.24, 2.45) is 5.92 Å². The molecule has 0 saturated heterocycles. The van der Waals surface area contributed by atoms with E-state index in [0.717, 1.165) is 19.3 Å². The van der Waals surface area contributed by atoms with Crippen molar-refractivity contribution in [1.82, 2.24) is 5.32 Å². The number of rotatable bonds is 3. The molecule has 1 aromatic heterocycles. The molecule has 0 bridgehead atoms. The number of amides is 1. The summed E-state index contributed by atoms with van der Waals surface area (Å²) in [5.41, 5.74) is 0.289. The van der Waals surface area contributed by atoms with Gasteiger partial charge in [-0.2, -0.15) is 11.3 Å². The third kappa shape index (κ3) is 2.87. The Labute approximate surface area is 106 Å². The van der Waals surface area contributed by atoms with Crippen LogP contribution in [0, 0.1) is 5.92 Å². The molecule has 1 fully saturated rings. The fraction of sp³-hybridized carbons (Fsp3) is 0.615. The van der Waals surface area contributed by atoms with Crippen molar-refractivity contribution >= 4 is 17.2 Å². The van der Waals surface area contributed by atoms with Gasteiger partial charge in [0.1, 0.15) is 0 Å². The molecule has 4 heteroatoms. The summed E-state index contributed by atoms with van der Waals surface area (Å²) < 4.78 is 0. The van der Waals surface area contributed by atoms with Crippen LogP contribution in [0.4, 0.5) is 0 Å². The van der Waals surface area contributed by atoms with Crippen molar-refractivity contribution in [2.75, 3.05) is 6.61 Å². The van der Waals surface area contributed by atoms with Gasteiger partial charge < -0.3 is 10.4 Å². The minimum absolute atomic E-state index is 0.0349. The summed E-state index contributed by atoms with van der Waals surface area (Å²) in [6.07, 6.45) is 4.02. The number of carbonyl (C=O) groups excluding carboxylic acids is 1. The fourth-order valence-corrected chi connectivity index (χ4v) is 3.30. The van der Waals surface area contributed by atoms with Crippen LogP contribution in [0.2, 0.25) is 0 Å². The number of hydrogen-bond acceptors (Lipinski definition) is 3. The minimum Gasteiger partial charge on any atom is -0.394 e. The number of aliphatic hydroxyl groups is 1. The molecule has 1 aliphatic carbocycles. The molecule has 1 amide bonds. The summed E-state index contributed by atoms with van der Waals surface area (Å²) in [4.78, 5) is 12.0. The van der Waals surface area contributed by atoms with E-state index in [9.17, 15) is 9.90 Å². The van der Waals surface area contributed by atoms with Gasteiger partial charge in [-0.3, -0.25) is 4.79 Å². The highest BCUT2D eigenvalue weighted by Gasteiger charge is 2.35. The SMILES string of the molecule is CC1CCCC(CO)(NC(=O)c2ccsc2)C1. The lowest BCUT2D eigenvalue weighted by Gasteiger charge is -2.39. The van der Waals surface area contributed by atoms with Gasteiger partial charge in [0.05, 0.1) is 17.7 Å². The van der Waals surface area contributed by atoms with Crippen molar-refractivity contribution in [3.8, 4) is 0 Å². The van der Waals surface area contributed by atoms with Gasteiger partial charge in [0.15, 0.2) is 0 Å². The molecule has 1 aliphatic rings. The smallest absolute Gasteiger partial charge is 0.252 e.